The molecule has 0 fully saturated rings. The number of carbonyl (C=O) groups excluding carboxylic acids is 1. The zero-order valence-electron chi connectivity index (χ0n) is 13.0. The molecule has 8 nitrogen and oxygen atoms in total. The lowest BCUT2D eigenvalue weighted by Gasteiger charge is -2.16. The van der Waals surface area contributed by atoms with E-state index in [0.29, 0.717) is 31.1 Å². The van der Waals surface area contributed by atoms with Gasteiger partial charge in [0.05, 0.1) is 17.9 Å². The van der Waals surface area contributed by atoms with Crippen molar-refractivity contribution < 1.29 is 29.3 Å². The molecule has 0 saturated carbocycles. The monoisotopic (exact) mass is 476 g/mol. The van der Waals surface area contributed by atoms with Crippen LogP contribution < -0.4 is 0 Å². The van der Waals surface area contributed by atoms with Gasteiger partial charge >= 0.3 is 17.9 Å². The summed E-state index contributed by atoms with van der Waals surface area (Å²) in [6, 6.07) is 1.68. The largest absolute Gasteiger partial charge is 0.481 e. The highest BCUT2D eigenvalue weighted by molar-refractivity contribution is 9.11. The summed E-state index contributed by atoms with van der Waals surface area (Å²) in [5.74, 6) is -3.99. The molecule has 25 heavy (non-hydrogen) atoms. The van der Waals surface area contributed by atoms with Crippen LogP contribution in [0.4, 0.5) is 0 Å². The summed E-state index contributed by atoms with van der Waals surface area (Å²) in [5.41, 5.74) is 1.80. The number of rotatable bonds is 7. The molecule has 0 radical (unpaired) electrons. The molecule has 0 spiro atoms. The van der Waals surface area contributed by atoms with Gasteiger partial charge in [-0.2, -0.15) is 5.10 Å². The van der Waals surface area contributed by atoms with E-state index >= 15 is 0 Å². The normalized spacial score (nSPS) is 12.1. The molecule has 1 atom stereocenters. The highest BCUT2D eigenvalue weighted by Gasteiger charge is 2.25. The Morgan fingerprint density at radius 3 is 2.56 bits per heavy atom. The second-order valence-electron chi connectivity index (χ2n) is 5.38. The van der Waals surface area contributed by atoms with Crippen molar-refractivity contribution in [3.63, 3.8) is 0 Å². The van der Waals surface area contributed by atoms with Gasteiger partial charge in [-0.3, -0.25) is 19.5 Å². The zero-order chi connectivity index (χ0) is 18.7. The van der Waals surface area contributed by atoms with Crippen LogP contribution in [-0.2, 0) is 32.1 Å². The summed E-state index contributed by atoms with van der Waals surface area (Å²) >= 11 is 6.70. The molecule has 3 N–H and O–H groups in total. The number of carboxylic acids is 2. The van der Waals surface area contributed by atoms with Gasteiger partial charge in [-0.1, -0.05) is 0 Å². The summed E-state index contributed by atoms with van der Waals surface area (Å²) in [4.78, 5) is 33.5. The third-order valence-corrected chi connectivity index (χ3v) is 4.81. The van der Waals surface area contributed by atoms with Gasteiger partial charge in [0.1, 0.15) is 11.2 Å². The lowest BCUT2D eigenvalue weighted by atomic mass is 9.92. The minimum atomic E-state index is -1.21. The number of aromatic amines is 1. The Labute approximate surface area is 158 Å². The first-order valence-electron chi connectivity index (χ1n) is 7.12. The maximum Gasteiger partial charge on any atom is 0.307 e. The van der Waals surface area contributed by atoms with Crippen LogP contribution in [0.15, 0.2) is 15.1 Å². The quantitative estimate of drug-likeness (QED) is 0.522. The first-order valence-corrected chi connectivity index (χ1v) is 8.71. The van der Waals surface area contributed by atoms with E-state index in [1.807, 2.05) is 0 Å². The topological polar surface area (TPSA) is 130 Å². The van der Waals surface area contributed by atoms with Crippen LogP contribution in [0.1, 0.15) is 24.5 Å². The van der Waals surface area contributed by atoms with E-state index in [-0.39, 0.29) is 13.0 Å². The summed E-state index contributed by atoms with van der Waals surface area (Å²) in [6.45, 7) is 1.19. The number of carboxylic acid groups (broad SMARTS) is 2. The Balaban J connectivity index is 2.54. The minimum Gasteiger partial charge on any atom is -0.481 e. The molecular weight excluding hydrogens is 464 g/mol. The number of carbonyl (C=O) groups is 3. The average Bonchev–Trinajstić information content (AvgIpc) is 2.88. The number of halogens is 2. The van der Waals surface area contributed by atoms with Crippen LogP contribution in [0, 0.1) is 5.92 Å². The number of nitrogens with one attached hydrogen (secondary N) is 1. The van der Waals surface area contributed by atoms with E-state index in [1.165, 1.54) is 6.92 Å². The number of benzene rings is 1. The summed E-state index contributed by atoms with van der Waals surface area (Å²) in [6.07, 6.45) is -0.533. The molecule has 0 bridgehead atoms. The molecule has 10 heteroatoms. The SMILES string of the molecule is CC(=O)OCc1c(CC(CC(=O)O)C(=O)O)cc(Br)c2[nH]nc(Br)c12. The van der Waals surface area contributed by atoms with Gasteiger partial charge in [-0.05, 0) is 49.9 Å². The van der Waals surface area contributed by atoms with E-state index in [2.05, 4.69) is 42.1 Å². The molecule has 2 rings (SSSR count). The van der Waals surface area contributed by atoms with Crippen molar-refractivity contribution in [1.82, 2.24) is 10.2 Å². The van der Waals surface area contributed by atoms with Crippen molar-refractivity contribution in [3.05, 3.63) is 26.3 Å². The van der Waals surface area contributed by atoms with Gasteiger partial charge < -0.3 is 14.9 Å². The second-order valence-corrected chi connectivity index (χ2v) is 6.98. The number of aromatic nitrogens is 2. The lowest BCUT2D eigenvalue weighted by molar-refractivity contribution is -0.148. The predicted molar refractivity (Wildman–Crippen MR) is 94.0 cm³/mol. The number of esters is 1. The van der Waals surface area contributed by atoms with Crippen LogP contribution in [0.25, 0.3) is 10.9 Å². The fraction of sp³-hybridized carbons (Fsp3) is 0.333. The van der Waals surface area contributed by atoms with Crippen molar-refractivity contribution in [3.8, 4) is 0 Å². The molecule has 134 valence electrons. The van der Waals surface area contributed by atoms with Crippen molar-refractivity contribution in [2.45, 2.75) is 26.4 Å². The number of nitrogens with zero attached hydrogens (tertiary/aromatic N) is 1. The van der Waals surface area contributed by atoms with Gasteiger partial charge in [0.25, 0.3) is 0 Å². The van der Waals surface area contributed by atoms with Crippen LogP contribution in [0.5, 0.6) is 0 Å². The summed E-state index contributed by atoms with van der Waals surface area (Å²) < 4.78 is 6.21. The predicted octanol–water partition coefficient (Wildman–Crippen LogP) is 2.87. The smallest absolute Gasteiger partial charge is 0.307 e. The van der Waals surface area contributed by atoms with Crippen LogP contribution in [-0.4, -0.2) is 38.3 Å². The lowest BCUT2D eigenvalue weighted by Crippen LogP contribution is -2.21. The molecular formula is C15H14Br2N2O6. The molecule has 0 aliphatic rings. The third kappa shape index (κ3) is 4.57. The van der Waals surface area contributed by atoms with Crippen LogP contribution in [0.3, 0.4) is 0 Å². The molecule has 1 aromatic carbocycles. The van der Waals surface area contributed by atoms with E-state index in [4.69, 9.17) is 9.84 Å². The number of ether oxygens (including phenoxy) is 1. The van der Waals surface area contributed by atoms with Crippen LogP contribution in [0.2, 0.25) is 0 Å². The maximum atomic E-state index is 11.4. The first-order chi connectivity index (χ1) is 11.7. The molecule has 2 aromatic rings. The van der Waals surface area contributed by atoms with Gasteiger partial charge in [0.2, 0.25) is 0 Å². The van der Waals surface area contributed by atoms with E-state index < -0.39 is 30.2 Å². The molecule has 0 aliphatic heterocycles. The van der Waals surface area contributed by atoms with Crippen molar-refractivity contribution in [2.75, 3.05) is 0 Å². The summed E-state index contributed by atoms with van der Waals surface area (Å²) in [7, 11) is 0. The number of hydrogen-bond acceptors (Lipinski definition) is 5. The van der Waals surface area contributed by atoms with Crippen molar-refractivity contribution in [1.29, 1.82) is 0 Å². The number of aliphatic carboxylic acids is 2. The molecule has 0 saturated heterocycles. The maximum absolute atomic E-state index is 11.4. The van der Waals surface area contributed by atoms with Crippen LogP contribution >= 0.6 is 31.9 Å². The zero-order valence-corrected chi connectivity index (χ0v) is 16.2. The van der Waals surface area contributed by atoms with Gasteiger partial charge in [0.15, 0.2) is 0 Å². The highest BCUT2D eigenvalue weighted by atomic mass is 79.9. The fourth-order valence-electron chi connectivity index (χ4n) is 2.48. The fourth-order valence-corrected chi connectivity index (χ4v) is 3.57. The van der Waals surface area contributed by atoms with Crippen molar-refractivity contribution in [2.24, 2.45) is 5.92 Å². The van der Waals surface area contributed by atoms with Gasteiger partial charge in [-0.15, -0.1) is 0 Å². The first kappa shape index (κ1) is 19.4. The molecule has 1 aromatic heterocycles. The number of H-pyrrole nitrogens is 1. The van der Waals surface area contributed by atoms with Gasteiger partial charge in [0, 0.05) is 22.3 Å². The Kier molecular flexibility index (Phi) is 6.17. The second kappa shape index (κ2) is 7.96. The average molecular weight is 478 g/mol. The Morgan fingerprint density at radius 1 is 1.32 bits per heavy atom. The molecule has 0 amide bonds. The van der Waals surface area contributed by atoms with E-state index in [0.717, 1.165) is 0 Å². The van der Waals surface area contributed by atoms with E-state index in [1.54, 1.807) is 6.07 Å². The molecule has 1 heterocycles. The van der Waals surface area contributed by atoms with E-state index in [9.17, 15) is 19.5 Å². The Hall–Kier alpha value is -1.94. The van der Waals surface area contributed by atoms with Crippen molar-refractivity contribution >= 4 is 60.7 Å². The molecule has 1 unspecified atom stereocenters. The minimum absolute atomic E-state index is 0.0234. The molecule has 0 aliphatic carbocycles. The summed E-state index contributed by atoms with van der Waals surface area (Å²) in [5, 5.41) is 25.8. The standard InChI is InChI=1S/C15H14Br2N2O6/c1-6(20)25-5-9-7(2-8(15(23)24)4-11(21)22)3-10(16)13-12(9)14(17)19-18-13/h3,8H,2,4-5H2,1H3,(H,18,19)(H,21,22)(H,23,24). The number of fused-ring (bicyclic) bond motifs is 1. The Morgan fingerprint density at radius 2 is 2.00 bits per heavy atom. The number of hydrogen-bond donors (Lipinski definition) is 3. The highest BCUT2D eigenvalue weighted by Crippen LogP contribution is 2.35. The van der Waals surface area contributed by atoms with Gasteiger partial charge in [-0.25, -0.2) is 0 Å². The third-order valence-electron chi connectivity index (χ3n) is 3.61. The Bertz CT molecular complexity index is 848.